The van der Waals surface area contributed by atoms with Crippen molar-refractivity contribution >= 4 is 27.5 Å². The van der Waals surface area contributed by atoms with Crippen LogP contribution < -0.4 is 16.2 Å². The molecule has 2 bridgehead atoms. The smallest absolute Gasteiger partial charge is 0.283 e. The highest BCUT2D eigenvalue weighted by Crippen LogP contribution is 2.61. The molecule has 1 aromatic rings. The number of likely N-dealkylation sites (N-methyl/N-ethyl adjacent to an activating group) is 1. The van der Waals surface area contributed by atoms with Crippen molar-refractivity contribution in [1.29, 1.82) is 0 Å². The average molecular weight is 411 g/mol. The summed E-state index contributed by atoms with van der Waals surface area (Å²) in [5.74, 6) is 1.82. The van der Waals surface area contributed by atoms with Gasteiger partial charge in [0.25, 0.3) is 5.56 Å². The van der Waals surface area contributed by atoms with E-state index in [0.717, 1.165) is 18.3 Å². The van der Waals surface area contributed by atoms with Gasteiger partial charge in [0.15, 0.2) is 0 Å². The second-order valence-corrected chi connectivity index (χ2v) is 8.79. The minimum atomic E-state index is -0.287. The van der Waals surface area contributed by atoms with Crippen molar-refractivity contribution in [2.75, 3.05) is 11.9 Å². The van der Waals surface area contributed by atoms with Gasteiger partial charge in [-0.1, -0.05) is 20.8 Å². The number of hydrogen-bond acceptors (Lipinski definition) is 4. The first-order chi connectivity index (χ1) is 11.8. The highest BCUT2D eigenvalue weighted by atomic mass is 79.9. The van der Waals surface area contributed by atoms with Gasteiger partial charge < -0.3 is 10.6 Å². The van der Waals surface area contributed by atoms with Crippen molar-refractivity contribution in [2.24, 2.45) is 23.2 Å². The van der Waals surface area contributed by atoms with Gasteiger partial charge in [-0.2, -0.15) is 5.10 Å². The summed E-state index contributed by atoms with van der Waals surface area (Å²) in [5.41, 5.74) is 0.863. The van der Waals surface area contributed by atoms with E-state index in [1.165, 1.54) is 11.1 Å². The predicted octanol–water partition coefficient (Wildman–Crippen LogP) is 2.62. The van der Waals surface area contributed by atoms with Gasteiger partial charge in [0, 0.05) is 12.6 Å². The zero-order valence-electron chi connectivity index (χ0n) is 15.3. The van der Waals surface area contributed by atoms with E-state index in [0.29, 0.717) is 34.1 Å². The molecule has 4 rings (SSSR count). The van der Waals surface area contributed by atoms with Gasteiger partial charge in [0.2, 0.25) is 5.91 Å². The summed E-state index contributed by atoms with van der Waals surface area (Å²) in [6, 6.07) is 0.355. The van der Waals surface area contributed by atoms with Crippen LogP contribution in [-0.4, -0.2) is 28.3 Å². The van der Waals surface area contributed by atoms with Crippen LogP contribution in [0.15, 0.2) is 15.5 Å². The van der Waals surface area contributed by atoms with Crippen LogP contribution in [0.4, 0.5) is 5.69 Å². The van der Waals surface area contributed by atoms with Crippen LogP contribution in [0.1, 0.15) is 40.5 Å². The van der Waals surface area contributed by atoms with Crippen LogP contribution in [0.3, 0.4) is 0 Å². The standard InChI is InChI=1S/C18H27BrN4O2/c1-5-20-15(24)9-23-17(25)16(19)14(8-21-23)22-13-7-11-6-12(10(13)2)18(11,3)4/h8,10-13,22H,5-7,9H2,1-4H3,(H,20,24)/t10-,11+,12-,13-/m1/s1. The summed E-state index contributed by atoms with van der Waals surface area (Å²) in [4.78, 5) is 24.1. The molecule has 0 spiro atoms. The third-order valence-electron chi connectivity index (χ3n) is 6.35. The molecule has 138 valence electrons. The van der Waals surface area contributed by atoms with Gasteiger partial charge in [0.05, 0.1) is 11.9 Å². The number of halogens is 1. The third-order valence-corrected chi connectivity index (χ3v) is 7.11. The normalized spacial score (nSPS) is 29.6. The Hall–Kier alpha value is -1.37. The third kappa shape index (κ3) is 3.23. The van der Waals surface area contributed by atoms with Crippen LogP contribution in [0.2, 0.25) is 0 Å². The number of anilines is 1. The Morgan fingerprint density at radius 1 is 1.44 bits per heavy atom. The fraction of sp³-hybridized carbons (Fsp3) is 0.722. The van der Waals surface area contributed by atoms with E-state index in [2.05, 4.69) is 52.4 Å². The summed E-state index contributed by atoms with van der Waals surface area (Å²) in [6.07, 6.45) is 4.09. The van der Waals surface area contributed by atoms with Gasteiger partial charge in [-0.05, 0) is 58.9 Å². The molecule has 3 aliphatic rings. The minimum absolute atomic E-state index is 0.0658. The molecule has 0 aromatic carbocycles. The molecule has 0 aliphatic heterocycles. The van der Waals surface area contributed by atoms with E-state index in [1.807, 2.05) is 6.92 Å². The number of carbonyl (C=O) groups excluding carboxylic acids is 1. The number of nitrogens with one attached hydrogen (secondary N) is 2. The summed E-state index contributed by atoms with van der Waals surface area (Å²) in [7, 11) is 0. The van der Waals surface area contributed by atoms with E-state index in [9.17, 15) is 9.59 Å². The highest BCUT2D eigenvalue weighted by Gasteiger charge is 2.56. The lowest BCUT2D eigenvalue weighted by Gasteiger charge is -2.62. The zero-order valence-corrected chi connectivity index (χ0v) is 16.9. The summed E-state index contributed by atoms with van der Waals surface area (Å²) < 4.78 is 1.63. The zero-order chi connectivity index (χ0) is 18.4. The van der Waals surface area contributed by atoms with Gasteiger partial charge in [-0.3, -0.25) is 9.59 Å². The number of nitrogens with zero attached hydrogens (tertiary/aromatic N) is 2. The van der Waals surface area contributed by atoms with Gasteiger partial charge in [-0.25, -0.2) is 4.68 Å². The van der Waals surface area contributed by atoms with Gasteiger partial charge >= 0.3 is 0 Å². The molecule has 3 saturated carbocycles. The van der Waals surface area contributed by atoms with Crippen molar-refractivity contribution in [1.82, 2.24) is 15.1 Å². The predicted molar refractivity (Wildman–Crippen MR) is 101 cm³/mol. The lowest BCUT2D eigenvalue weighted by molar-refractivity contribution is -0.121. The van der Waals surface area contributed by atoms with Crippen LogP contribution in [0.5, 0.6) is 0 Å². The van der Waals surface area contributed by atoms with E-state index in [4.69, 9.17) is 0 Å². The summed E-state index contributed by atoms with van der Waals surface area (Å²) in [5, 5.41) is 10.4. The molecule has 25 heavy (non-hydrogen) atoms. The Bertz CT molecular complexity index is 730. The van der Waals surface area contributed by atoms with Crippen molar-refractivity contribution in [2.45, 2.75) is 53.1 Å². The van der Waals surface area contributed by atoms with Crippen LogP contribution in [-0.2, 0) is 11.3 Å². The first kappa shape index (κ1) is 18.4. The van der Waals surface area contributed by atoms with Crippen LogP contribution in [0, 0.1) is 23.2 Å². The Morgan fingerprint density at radius 2 is 2.16 bits per heavy atom. The Labute approximate surface area is 156 Å². The molecule has 3 aliphatic carbocycles. The van der Waals surface area contributed by atoms with E-state index in [1.54, 1.807) is 6.20 Å². The Balaban J connectivity index is 1.73. The largest absolute Gasteiger partial charge is 0.380 e. The lowest BCUT2D eigenvalue weighted by Crippen LogP contribution is -2.58. The lowest BCUT2D eigenvalue weighted by atomic mass is 9.45. The van der Waals surface area contributed by atoms with Crippen molar-refractivity contribution < 1.29 is 4.79 Å². The molecular weight excluding hydrogens is 384 g/mol. The van der Waals surface area contributed by atoms with E-state index < -0.39 is 0 Å². The molecule has 1 aromatic heterocycles. The first-order valence-corrected chi connectivity index (χ1v) is 9.83. The quantitative estimate of drug-likeness (QED) is 0.781. The SMILES string of the molecule is CCNC(=O)Cn1ncc(N[C@@H]2C[C@@H]3C[C@H]([C@H]2C)C3(C)C)c(Br)c1=O. The second-order valence-electron chi connectivity index (χ2n) is 7.99. The highest BCUT2D eigenvalue weighted by molar-refractivity contribution is 9.10. The van der Waals surface area contributed by atoms with Gasteiger partial charge in [0.1, 0.15) is 11.0 Å². The monoisotopic (exact) mass is 410 g/mol. The fourth-order valence-corrected chi connectivity index (χ4v) is 5.03. The molecule has 0 saturated heterocycles. The van der Waals surface area contributed by atoms with Crippen LogP contribution >= 0.6 is 15.9 Å². The summed E-state index contributed by atoms with van der Waals surface area (Å²) >= 11 is 3.39. The van der Waals surface area contributed by atoms with Gasteiger partial charge in [-0.15, -0.1) is 0 Å². The number of fused-ring (bicyclic) bond motifs is 2. The molecule has 7 heteroatoms. The van der Waals surface area contributed by atoms with E-state index in [-0.39, 0.29) is 18.0 Å². The molecule has 0 radical (unpaired) electrons. The van der Waals surface area contributed by atoms with Crippen molar-refractivity contribution in [3.63, 3.8) is 0 Å². The molecule has 4 atom stereocenters. The molecule has 0 unspecified atom stereocenters. The Kier molecular flexibility index (Phi) is 4.97. The maximum Gasteiger partial charge on any atom is 0.283 e. The maximum absolute atomic E-state index is 12.5. The van der Waals surface area contributed by atoms with Crippen molar-refractivity contribution in [3.8, 4) is 0 Å². The second kappa shape index (κ2) is 6.74. The molecule has 1 heterocycles. The van der Waals surface area contributed by atoms with E-state index >= 15 is 0 Å². The number of carbonyl (C=O) groups is 1. The Morgan fingerprint density at radius 3 is 2.76 bits per heavy atom. The van der Waals surface area contributed by atoms with Crippen molar-refractivity contribution in [3.05, 3.63) is 21.0 Å². The topological polar surface area (TPSA) is 76.0 Å². The summed E-state index contributed by atoms with van der Waals surface area (Å²) in [6.45, 7) is 9.36. The maximum atomic E-state index is 12.5. The molecule has 2 N–H and O–H groups in total. The van der Waals surface area contributed by atoms with Crippen LogP contribution in [0.25, 0.3) is 0 Å². The number of aromatic nitrogens is 2. The molecule has 1 amide bonds. The number of rotatable bonds is 5. The fourth-order valence-electron chi connectivity index (χ4n) is 4.61. The molecule has 6 nitrogen and oxygen atoms in total. The average Bonchev–Trinajstić information content (AvgIpc) is 2.55. The number of hydrogen-bond donors (Lipinski definition) is 2. The molecular formula is C18H27BrN4O2. The number of amides is 1. The molecule has 3 fully saturated rings. The minimum Gasteiger partial charge on any atom is -0.380 e. The first-order valence-electron chi connectivity index (χ1n) is 9.04.